The highest BCUT2D eigenvalue weighted by Gasteiger charge is 2.30. The molecule has 1 fully saturated rings. The van der Waals surface area contributed by atoms with E-state index in [1.165, 1.54) is 0 Å². The Morgan fingerprint density at radius 2 is 2.04 bits per heavy atom. The molecule has 0 bridgehead atoms. The Morgan fingerprint density at radius 1 is 1.26 bits per heavy atom. The molecule has 1 aliphatic heterocycles. The lowest BCUT2D eigenvalue weighted by atomic mass is 10.2. The van der Waals surface area contributed by atoms with E-state index in [1.54, 1.807) is 4.90 Å². The van der Waals surface area contributed by atoms with Crippen molar-refractivity contribution in [3.63, 3.8) is 0 Å². The first-order valence-corrected chi connectivity index (χ1v) is 9.17. The third kappa shape index (κ3) is 7.52. The van der Waals surface area contributed by atoms with Gasteiger partial charge in [-0.1, -0.05) is 42.5 Å². The summed E-state index contributed by atoms with van der Waals surface area (Å²) in [4.78, 5) is 36.0. The van der Waals surface area contributed by atoms with Gasteiger partial charge in [0, 0.05) is 25.9 Å². The van der Waals surface area contributed by atoms with E-state index in [1.807, 2.05) is 42.5 Å². The van der Waals surface area contributed by atoms with E-state index in [0.717, 1.165) is 5.56 Å². The molecule has 0 unspecified atom stereocenters. The van der Waals surface area contributed by atoms with Crippen molar-refractivity contribution in [2.24, 2.45) is 0 Å². The molecule has 1 atom stereocenters. The van der Waals surface area contributed by atoms with E-state index >= 15 is 0 Å². The lowest BCUT2D eigenvalue weighted by Gasteiger charge is -2.23. The van der Waals surface area contributed by atoms with Crippen LogP contribution >= 0.6 is 0 Å². The minimum atomic E-state index is -0.805. The van der Waals surface area contributed by atoms with Crippen LogP contribution in [-0.4, -0.2) is 47.2 Å². The van der Waals surface area contributed by atoms with E-state index < -0.39 is 12.1 Å². The summed E-state index contributed by atoms with van der Waals surface area (Å²) in [5.74, 6) is -0.760. The number of nitrogens with zero attached hydrogens (tertiary/aromatic N) is 1. The second-order valence-corrected chi connectivity index (χ2v) is 6.43. The summed E-state index contributed by atoms with van der Waals surface area (Å²) in [6.07, 6.45) is 5.76. The standard InChI is InChI=1S/C20H26N2O5/c23-18-12-11-17(22(18)13-7-2-1-6-10-19(24)25)15-27-20(26)21-14-16-8-4-3-5-9-16/h2-5,7-9,17H,1,6,10-15H2,(H,21,26)(H,24,25)/t17-/m1/s1. The highest BCUT2D eigenvalue weighted by atomic mass is 16.5. The minimum Gasteiger partial charge on any atom is -0.481 e. The number of allylic oxidation sites excluding steroid dienone is 1. The van der Waals surface area contributed by atoms with E-state index in [0.29, 0.717) is 38.8 Å². The zero-order valence-corrected chi connectivity index (χ0v) is 15.3. The number of carbonyl (C=O) groups is 3. The molecule has 2 rings (SSSR count). The van der Waals surface area contributed by atoms with Crippen molar-refractivity contribution >= 4 is 18.0 Å². The van der Waals surface area contributed by atoms with E-state index in [-0.39, 0.29) is 25.0 Å². The van der Waals surface area contributed by atoms with Crippen LogP contribution in [0.2, 0.25) is 0 Å². The average molecular weight is 374 g/mol. The summed E-state index contributed by atoms with van der Waals surface area (Å²) in [7, 11) is 0. The van der Waals surface area contributed by atoms with Crippen molar-refractivity contribution in [1.29, 1.82) is 0 Å². The molecule has 1 aromatic carbocycles. The molecule has 1 aliphatic rings. The number of likely N-dealkylation sites (tertiary alicyclic amines) is 1. The molecular weight excluding hydrogens is 348 g/mol. The van der Waals surface area contributed by atoms with Gasteiger partial charge in [0.1, 0.15) is 6.61 Å². The third-order valence-electron chi connectivity index (χ3n) is 4.37. The molecule has 0 aromatic heterocycles. The van der Waals surface area contributed by atoms with E-state index in [9.17, 15) is 14.4 Å². The predicted molar refractivity (Wildman–Crippen MR) is 100.0 cm³/mol. The first-order chi connectivity index (χ1) is 13.1. The van der Waals surface area contributed by atoms with E-state index in [4.69, 9.17) is 9.84 Å². The first kappa shape index (κ1) is 20.5. The number of carbonyl (C=O) groups excluding carboxylic acids is 2. The summed E-state index contributed by atoms with van der Waals surface area (Å²) >= 11 is 0. The molecule has 0 spiro atoms. The number of benzene rings is 1. The number of carboxylic acids is 1. The average Bonchev–Trinajstić information content (AvgIpc) is 3.01. The van der Waals surface area contributed by atoms with Crippen LogP contribution in [0.25, 0.3) is 0 Å². The number of rotatable bonds is 10. The quantitative estimate of drug-likeness (QED) is 0.485. The molecular formula is C20H26N2O5. The number of hydrogen-bond donors (Lipinski definition) is 2. The summed E-state index contributed by atoms with van der Waals surface area (Å²) in [6, 6.07) is 9.43. The molecule has 2 amide bonds. The maximum Gasteiger partial charge on any atom is 0.407 e. The highest BCUT2D eigenvalue weighted by molar-refractivity contribution is 5.79. The predicted octanol–water partition coefficient (Wildman–Crippen LogP) is 2.71. The number of nitrogens with one attached hydrogen (secondary N) is 1. The maximum atomic E-state index is 12.0. The van der Waals surface area contributed by atoms with Gasteiger partial charge in [-0.25, -0.2) is 4.79 Å². The normalized spacial score (nSPS) is 16.7. The number of aliphatic carboxylic acids is 1. The molecule has 1 aromatic rings. The fraction of sp³-hybridized carbons (Fsp3) is 0.450. The van der Waals surface area contributed by atoms with Gasteiger partial charge in [-0.05, 0) is 24.8 Å². The number of ether oxygens (including phenoxy) is 1. The Kier molecular flexibility index (Phi) is 8.35. The first-order valence-electron chi connectivity index (χ1n) is 9.17. The second-order valence-electron chi connectivity index (χ2n) is 6.43. The molecule has 0 radical (unpaired) electrons. The van der Waals surface area contributed by atoms with Gasteiger partial charge in [-0.2, -0.15) is 0 Å². The molecule has 1 saturated heterocycles. The molecule has 7 nitrogen and oxygen atoms in total. The number of hydrogen-bond acceptors (Lipinski definition) is 4. The topological polar surface area (TPSA) is 95.9 Å². The molecule has 1 heterocycles. The van der Waals surface area contributed by atoms with Crippen LogP contribution < -0.4 is 5.32 Å². The Morgan fingerprint density at radius 3 is 2.78 bits per heavy atom. The van der Waals surface area contributed by atoms with Crippen LogP contribution in [0, 0.1) is 0 Å². The molecule has 146 valence electrons. The number of amides is 2. The summed E-state index contributed by atoms with van der Waals surface area (Å²) in [6.45, 7) is 1.01. The lowest BCUT2D eigenvalue weighted by Crippen LogP contribution is -2.38. The zero-order chi connectivity index (χ0) is 19.5. The van der Waals surface area contributed by atoms with Gasteiger partial charge in [0.25, 0.3) is 0 Å². The molecule has 2 N–H and O–H groups in total. The van der Waals surface area contributed by atoms with Gasteiger partial charge in [0.15, 0.2) is 0 Å². The van der Waals surface area contributed by atoms with Crippen LogP contribution in [0.1, 0.15) is 37.7 Å². The van der Waals surface area contributed by atoms with Crippen LogP contribution in [0.4, 0.5) is 4.79 Å². The van der Waals surface area contributed by atoms with Gasteiger partial charge in [-0.15, -0.1) is 0 Å². The minimum absolute atomic E-state index is 0.0449. The van der Waals surface area contributed by atoms with Crippen LogP contribution in [0.3, 0.4) is 0 Å². The van der Waals surface area contributed by atoms with Crippen molar-refractivity contribution in [2.45, 2.75) is 44.7 Å². The largest absolute Gasteiger partial charge is 0.481 e. The van der Waals surface area contributed by atoms with Crippen LogP contribution in [0.15, 0.2) is 42.5 Å². The number of alkyl carbamates (subject to hydrolysis) is 1. The Balaban J connectivity index is 1.69. The molecule has 0 saturated carbocycles. The van der Waals surface area contributed by atoms with Gasteiger partial charge in [0.05, 0.1) is 6.04 Å². The summed E-state index contributed by atoms with van der Waals surface area (Å²) in [5, 5.41) is 11.3. The molecule has 7 heteroatoms. The Labute approximate surface area is 159 Å². The van der Waals surface area contributed by atoms with Crippen molar-refractivity contribution in [3.05, 3.63) is 48.0 Å². The van der Waals surface area contributed by atoms with Crippen molar-refractivity contribution in [1.82, 2.24) is 10.2 Å². The number of carboxylic acid groups (broad SMARTS) is 1. The Hall–Kier alpha value is -2.83. The van der Waals surface area contributed by atoms with Gasteiger partial charge < -0.3 is 20.1 Å². The third-order valence-corrected chi connectivity index (χ3v) is 4.37. The van der Waals surface area contributed by atoms with Crippen LogP contribution in [0.5, 0.6) is 0 Å². The monoisotopic (exact) mass is 374 g/mol. The summed E-state index contributed by atoms with van der Waals surface area (Å²) in [5.41, 5.74) is 0.986. The van der Waals surface area contributed by atoms with Crippen molar-refractivity contribution in [2.75, 3.05) is 13.2 Å². The van der Waals surface area contributed by atoms with Crippen LogP contribution in [-0.2, 0) is 20.9 Å². The van der Waals surface area contributed by atoms with Gasteiger partial charge >= 0.3 is 12.1 Å². The SMILES string of the molecule is O=C(O)CCCC=CCN1C(=O)CC[C@@H]1COC(=O)NCc1ccccc1. The molecule has 0 aliphatic carbocycles. The fourth-order valence-corrected chi connectivity index (χ4v) is 2.89. The van der Waals surface area contributed by atoms with Crippen molar-refractivity contribution < 1.29 is 24.2 Å². The second kappa shape index (κ2) is 11.0. The highest BCUT2D eigenvalue weighted by Crippen LogP contribution is 2.19. The summed E-state index contributed by atoms with van der Waals surface area (Å²) < 4.78 is 5.26. The lowest BCUT2D eigenvalue weighted by molar-refractivity contribution is -0.137. The molecule has 27 heavy (non-hydrogen) atoms. The van der Waals surface area contributed by atoms with Gasteiger partial charge in [-0.3, -0.25) is 9.59 Å². The fourth-order valence-electron chi connectivity index (χ4n) is 2.89. The van der Waals surface area contributed by atoms with E-state index in [2.05, 4.69) is 5.32 Å². The maximum absolute atomic E-state index is 12.0. The number of unbranched alkanes of at least 4 members (excludes halogenated alkanes) is 1. The van der Waals surface area contributed by atoms with Gasteiger partial charge in [0.2, 0.25) is 5.91 Å². The zero-order valence-electron chi connectivity index (χ0n) is 15.3. The van der Waals surface area contributed by atoms with Crippen molar-refractivity contribution in [3.8, 4) is 0 Å². The smallest absolute Gasteiger partial charge is 0.407 e. The Bertz CT molecular complexity index is 660.